The van der Waals surface area contributed by atoms with Crippen molar-refractivity contribution in [3.63, 3.8) is 0 Å². The Balaban J connectivity index is 1.61. The van der Waals surface area contributed by atoms with Crippen LogP contribution in [0.25, 0.3) is 10.1 Å². The third-order valence-electron chi connectivity index (χ3n) is 5.91. The maximum atomic E-state index is 12.9. The molecule has 5 rings (SSSR count). The number of piperidine rings is 3. The van der Waals surface area contributed by atoms with Gasteiger partial charge < -0.3 is 10.1 Å². The normalized spacial score (nSPS) is 27.4. The molecule has 1 N–H and O–H groups in total. The number of ether oxygens (including phenoxy) is 1. The molecular formula is C19H23ClN2O2S. The summed E-state index contributed by atoms with van der Waals surface area (Å²) in [6, 6.07) is 5.91. The van der Waals surface area contributed by atoms with E-state index in [1.807, 2.05) is 18.2 Å². The Hall–Kier alpha value is -1.30. The number of thiophene rings is 1. The van der Waals surface area contributed by atoms with Gasteiger partial charge in [-0.05, 0) is 69.3 Å². The minimum absolute atomic E-state index is 0.00283. The Kier molecular flexibility index (Phi) is 4.21. The van der Waals surface area contributed by atoms with E-state index in [2.05, 4.69) is 24.1 Å². The summed E-state index contributed by atoms with van der Waals surface area (Å²) in [5.41, 5.74) is 0.00831. The van der Waals surface area contributed by atoms with Crippen molar-refractivity contribution in [3.05, 3.63) is 28.1 Å². The molecule has 2 bridgehead atoms. The second-order valence-electron chi connectivity index (χ2n) is 7.54. The van der Waals surface area contributed by atoms with E-state index in [1.165, 1.54) is 24.2 Å². The fourth-order valence-electron chi connectivity index (χ4n) is 4.41. The molecule has 1 amide bonds. The van der Waals surface area contributed by atoms with Gasteiger partial charge >= 0.3 is 0 Å². The fourth-order valence-corrected chi connectivity index (χ4v) is 5.77. The van der Waals surface area contributed by atoms with Gasteiger partial charge in [0.2, 0.25) is 0 Å². The van der Waals surface area contributed by atoms with Gasteiger partial charge in [-0.3, -0.25) is 9.69 Å². The average Bonchev–Trinajstić information content (AvgIpc) is 3.04. The monoisotopic (exact) mass is 378 g/mol. The van der Waals surface area contributed by atoms with Crippen LogP contribution in [0.2, 0.25) is 5.02 Å². The quantitative estimate of drug-likeness (QED) is 0.871. The van der Waals surface area contributed by atoms with E-state index in [0.717, 1.165) is 23.2 Å². The second-order valence-corrected chi connectivity index (χ2v) is 8.97. The summed E-state index contributed by atoms with van der Waals surface area (Å²) in [6.07, 6.45) is 2.34. The second kappa shape index (κ2) is 6.15. The maximum absolute atomic E-state index is 12.9. The molecule has 0 aliphatic carbocycles. The number of hydrogen-bond acceptors (Lipinski definition) is 4. The first-order valence-electron chi connectivity index (χ1n) is 8.74. The van der Waals surface area contributed by atoms with E-state index >= 15 is 0 Å². The van der Waals surface area contributed by atoms with Gasteiger partial charge in [0.15, 0.2) is 0 Å². The van der Waals surface area contributed by atoms with E-state index in [0.29, 0.717) is 21.6 Å². The predicted molar refractivity (Wildman–Crippen MR) is 103 cm³/mol. The third-order valence-corrected chi connectivity index (χ3v) is 7.56. The Labute approximate surface area is 157 Å². The van der Waals surface area contributed by atoms with E-state index in [1.54, 1.807) is 7.11 Å². The Morgan fingerprint density at radius 1 is 1.36 bits per heavy atom. The molecule has 1 unspecified atom stereocenters. The number of nitrogens with one attached hydrogen (secondary N) is 1. The molecule has 1 atom stereocenters. The summed E-state index contributed by atoms with van der Waals surface area (Å²) in [4.78, 5) is 16.1. The Morgan fingerprint density at radius 3 is 2.72 bits per heavy atom. The highest BCUT2D eigenvalue weighted by Gasteiger charge is 2.48. The summed E-state index contributed by atoms with van der Waals surface area (Å²) in [7, 11) is 1.60. The van der Waals surface area contributed by atoms with Crippen LogP contribution in [-0.4, -0.2) is 42.6 Å². The molecule has 1 aromatic carbocycles. The molecule has 4 nitrogen and oxygen atoms in total. The van der Waals surface area contributed by atoms with Crippen LogP contribution in [0.1, 0.15) is 36.4 Å². The zero-order valence-electron chi connectivity index (χ0n) is 14.8. The largest absolute Gasteiger partial charge is 0.495 e. The van der Waals surface area contributed by atoms with E-state index < -0.39 is 0 Å². The first-order chi connectivity index (χ1) is 11.9. The number of methoxy groups -OCH3 is 1. The topological polar surface area (TPSA) is 41.6 Å². The van der Waals surface area contributed by atoms with Crippen molar-refractivity contribution >= 4 is 38.9 Å². The molecule has 0 spiro atoms. The molecule has 1 aromatic heterocycles. The number of amides is 1. The smallest absolute Gasteiger partial charge is 0.261 e. The molecule has 6 heteroatoms. The molecule has 3 aliphatic heterocycles. The molecule has 4 heterocycles. The van der Waals surface area contributed by atoms with E-state index in [4.69, 9.17) is 16.3 Å². The zero-order chi connectivity index (χ0) is 17.8. The van der Waals surface area contributed by atoms with Gasteiger partial charge in [0.05, 0.1) is 16.7 Å². The number of halogens is 1. The van der Waals surface area contributed by atoms with Gasteiger partial charge in [0.1, 0.15) is 10.8 Å². The van der Waals surface area contributed by atoms with Crippen LogP contribution in [0, 0.1) is 5.92 Å². The molecule has 25 heavy (non-hydrogen) atoms. The molecule has 0 radical (unpaired) electrons. The lowest BCUT2D eigenvalue weighted by Gasteiger charge is -2.56. The van der Waals surface area contributed by atoms with Crippen molar-refractivity contribution in [2.24, 2.45) is 5.92 Å². The molecule has 0 saturated carbocycles. The van der Waals surface area contributed by atoms with Gasteiger partial charge in [-0.2, -0.15) is 0 Å². The van der Waals surface area contributed by atoms with Crippen molar-refractivity contribution in [3.8, 4) is 5.75 Å². The van der Waals surface area contributed by atoms with Crippen molar-refractivity contribution in [2.45, 2.75) is 38.3 Å². The highest BCUT2D eigenvalue weighted by Crippen LogP contribution is 2.40. The van der Waals surface area contributed by atoms with Crippen molar-refractivity contribution in [1.82, 2.24) is 10.2 Å². The lowest BCUT2D eigenvalue weighted by Crippen LogP contribution is -2.69. The lowest BCUT2D eigenvalue weighted by molar-refractivity contribution is -0.0377. The first-order valence-corrected chi connectivity index (χ1v) is 9.93. The van der Waals surface area contributed by atoms with E-state index in [9.17, 15) is 4.79 Å². The standard InChI is InChI=1S/C19H23ClN2O2S/c1-19(2)17(11-6-8-22(19)9-7-11)21-18(23)14-10-12-4-5-13(24-3)15(20)16(12)25-14/h4-5,10-11,17H,6-9H2,1-3H3,(H,21,23). The van der Waals surface area contributed by atoms with Crippen LogP contribution in [0.15, 0.2) is 18.2 Å². The fraction of sp³-hybridized carbons (Fsp3) is 0.526. The Bertz CT molecular complexity index is 824. The summed E-state index contributed by atoms with van der Waals surface area (Å²) >= 11 is 7.83. The minimum atomic E-state index is 0.00283. The first kappa shape index (κ1) is 17.1. The number of carbonyl (C=O) groups excluding carboxylic acids is 1. The SMILES string of the molecule is COc1ccc2cc(C(=O)NC3C4CCN(CC4)C3(C)C)sc2c1Cl. The van der Waals surface area contributed by atoms with Crippen molar-refractivity contribution in [2.75, 3.05) is 20.2 Å². The summed E-state index contributed by atoms with van der Waals surface area (Å²) in [5.74, 6) is 1.21. The summed E-state index contributed by atoms with van der Waals surface area (Å²) in [6.45, 7) is 6.77. The van der Waals surface area contributed by atoms with Crippen LogP contribution < -0.4 is 10.1 Å². The molecule has 3 fully saturated rings. The van der Waals surface area contributed by atoms with Gasteiger partial charge in [-0.1, -0.05) is 11.6 Å². The summed E-state index contributed by atoms with van der Waals surface area (Å²) in [5, 5.41) is 4.88. The van der Waals surface area contributed by atoms with Gasteiger partial charge in [-0.25, -0.2) is 0 Å². The van der Waals surface area contributed by atoms with Crippen LogP contribution in [0.4, 0.5) is 0 Å². The predicted octanol–water partition coefficient (Wildman–Crippen LogP) is 4.17. The van der Waals surface area contributed by atoms with Crippen molar-refractivity contribution in [1.29, 1.82) is 0 Å². The van der Waals surface area contributed by atoms with Crippen molar-refractivity contribution < 1.29 is 9.53 Å². The van der Waals surface area contributed by atoms with E-state index in [-0.39, 0.29) is 17.5 Å². The summed E-state index contributed by atoms with van der Waals surface area (Å²) < 4.78 is 6.18. The highest BCUT2D eigenvalue weighted by molar-refractivity contribution is 7.21. The van der Waals surface area contributed by atoms with Crippen LogP contribution in [-0.2, 0) is 0 Å². The molecule has 3 saturated heterocycles. The number of fused-ring (bicyclic) bond motifs is 4. The molecular weight excluding hydrogens is 356 g/mol. The third kappa shape index (κ3) is 2.73. The Morgan fingerprint density at radius 2 is 2.08 bits per heavy atom. The molecule has 2 aromatic rings. The van der Waals surface area contributed by atoms with Crippen LogP contribution in [0.5, 0.6) is 5.75 Å². The minimum Gasteiger partial charge on any atom is -0.495 e. The molecule has 3 aliphatic rings. The van der Waals surface area contributed by atoms with Crippen LogP contribution in [0.3, 0.4) is 0 Å². The van der Waals surface area contributed by atoms with Gasteiger partial charge in [-0.15, -0.1) is 11.3 Å². The number of hydrogen-bond donors (Lipinski definition) is 1. The average molecular weight is 379 g/mol. The number of nitrogens with zero attached hydrogens (tertiary/aromatic N) is 1. The van der Waals surface area contributed by atoms with Crippen LogP contribution >= 0.6 is 22.9 Å². The number of benzene rings is 1. The highest BCUT2D eigenvalue weighted by atomic mass is 35.5. The zero-order valence-corrected chi connectivity index (χ0v) is 16.3. The van der Waals surface area contributed by atoms with Gasteiger partial charge in [0.25, 0.3) is 5.91 Å². The lowest BCUT2D eigenvalue weighted by atomic mass is 9.72. The number of carbonyl (C=O) groups is 1. The molecule has 134 valence electrons. The maximum Gasteiger partial charge on any atom is 0.261 e. The van der Waals surface area contributed by atoms with Gasteiger partial charge in [0, 0.05) is 11.6 Å². The number of rotatable bonds is 3.